The summed E-state index contributed by atoms with van der Waals surface area (Å²) in [6.45, 7) is 8.65. The number of piperazine rings is 1. The Hall–Kier alpha value is -1.63. The van der Waals surface area contributed by atoms with E-state index in [4.69, 9.17) is 4.74 Å². The second-order valence-corrected chi connectivity index (χ2v) is 8.00. The molecule has 0 radical (unpaired) electrons. The number of aliphatic hydroxyl groups excluding tert-OH is 1. The molecule has 1 aromatic rings. The highest BCUT2D eigenvalue weighted by molar-refractivity contribution is 5.97. The van der Waals surface area contributed by atoms with Crippen molar-refractivity contribution in [3.8, 4) is 5.75 Å². The third kappa shape index (κ3) is 5.04. The van der Waals surface area contributed by atoms with Gasteiger partial charge in [-0.15, -0.1) is 0 Å². The van der Waals surface area contributed by atoms with Crippen LogP contribution in [0.2, 0.25) is 0 Å². The van der Waals surface area contributed by atoms with Crippen LogP contribution in [0, 0.1) is 5.92 Å². The van der Waals surface area contributed by atoms with Crippen molar-refractivity contribution in [3.05, 3.63) is 29.8 Å². The molecule has 1 aromatic carbocycles. The predicted molar refractivity (Wildman–Crippen MR) is 111 cm³/mol. The van der Waals surface area contributed by atoms with Crippen LogP contribution in [0.4, 0.5) is 0 Å². The first-order valence-electron chi connectivity index (χ1n) is 10.7. The maximum Gasteiger partial charge on any atom is 0.257 e. The molecule has 6 heteroatoms. The van der Waals surface area contributed by atoms with E-state index in [1.165, 1.54) is 0 Å². The number of aliphatic hydroxyl groups is 1. The van der Waals surface area contributed by atoms with Crippen molar-refractivity contribution in [1.82, 2.24) is 14.7 Å². The number of carbonyl (C=O) groups is 1. The summed E-state index contributed by atoms with van der Waals surface area (Å²) in [4.78, 5) is 20.2. The maximum atomic E-state index is 13.2. The summed E-state index contributed by atoms with van der Waals surface area (Å²) in [5, 5.41) is 9.36. The van der Waals surface area contributed by atoms with Crippen LogP contribution in [-0.2, 0) is 0 Å². The number of nitrogens with zero attached hydrogens (tertiary/aromatic N) is 3. The lowest BCUT2D eigenvalue weighted by molar-refractivity contribution is 0.0216. The molecule has 0 unspecified atom stereocenters. The van der Waals surface area contributed by atoms with Crippen LogP contribution in [0.5, 0.6) is 5.75 Å². The maximum absolute atomic E-state index is 13.2. The minimum atomic E-state index is 0.0647. The van der Waals surface area contributed by atoms with Gasteiger partial charge in [0.15, 0.2) is 0 Å². The molecule has 2 aliphatic heterocycles. The van der Waals surface area contributed by atoms with Gasteiger partial charge in [-0.05, 0) is 51.3 Å². The summed E-state index contributed by atoms with van der Waals surface area (Å²) in [6.07, 6.45) is 2.76. The Morgan fingerprint density at radius 1 is 1.18 bits per heavy atom. The van der Waals surface area contributed by atoms with Gasteiger partial charge in [-0.2, -0.15) is 0 Å². The van der Waals surface area contributed by atoms with Crippen LogP contribution >= 0.6 is 0 Å². The zero-order chi connectivity index (χ0) is 19.9. The summed E-state index contributed by atoms with van der Waals surface area (Å²) in [7, 11) is 2.18. The summed E-state index contributed by atoms with van der Waals surface area (Å²) in [6, 6.07) is 8.05. The molecule has 6 nitrogen and oxygen atoms in total. The van der Waals surface area contributed by atoms with Gasteiger partial charge in [0.05, 0.1) is 12.2 Å². The van der Waals surface area contributed by atoms with E-state index in [1.807, 2.05) is 36.1 Å². The average molecular weight is 390 g/mol. The number of rotatable bonds is 7. The van der Waals surface area contributed by atoms with Gasteiger partial charge in [0, 0.05) is 51.9 Å². The molecule has 2 heterocycles. The van der Waals surface area contributed by atoms with Crippen LogP contribution < -0.4 is 4.74 Å². The molecule has 0 bridgehead atoms. The average Bonchev–Trinajstić information content (AvgIpc) is 2.73. The van der Waals surface area contributed by atoms with Crippen molar-refractivity contribution in [2.75, 3.05) is 59.5 Å². The fourth-order valence-corrected chi connectivity index (χ4v) is 4.57. The number of benzene rings is 1. The summed E-state index contributed by atoms with van der Waals surface area (Å²) in [5.41, 5.74) is 0.656. The largest absolute Gasteiger partial charge is 0.493 e. The second kappa shape index (κ2) is 10.2. The van der Waals surface area contributed by atoms with Gasteiger partial charge < -0.3 is 19.6 Å². The number of hydrogen-bond donors (Lipinski definition) is 1. The lowest BCUT2D eigenvalue weighted by Crippen LogP contribution is -2.57. The Morgan fingerprint density at radius 3 is 2.64 bits per heavy atom. The fraction of sp³-hybridized carbons (Fsp3) is 0.682. The molecule has 1 N–H and O–H groups in total. The van der Waals surface area contributed by atoms with E-state index < -0.39 is 0 Å². The van der Waals surface area contributed by atoms with E-state index in [1.54, 1.807) is 0 Å². The Balaban J connectivity index is 1.70. The number of carbonyl (C=O) groups excluding carboxylic acids is 1. The number of likely N-dealkylation sites (N-methyl/N-ethyl adjacent to an activating group) is 1. The van der Waals surface area contributed by atoms with Crippen LogP contribution in [0.3, 0.4) is 0 Å². The minimum absolute atomic E-state index is 0.0647. The van der Waals surface area contributed by atoms with Crippen molar-refractivity contribution < 1.29 is 14.6 Å². The van der Waals surface area contributed by atoms with Crippen molar-refractivity contribution in [2.45, 2.75) is 32.2 Å². The van der Waals surface area contributed by atoms with Crippen molar-refractivity contribution in [3.63, 3.8) is 0 Å². The molecule has 2 aliphatic rings. The number of piperidine rings is 1. The molecule has 2 fully saturated rings. The molecule has 2 saturated heterocycles. The number of likely N-dealkylation sites (tertiary alicyclic amines) is 1. The molecule has 1 amide bonds. The summed E-state index contributed by atoms with van der Waals surface area (Å²) in [5.74, 6) is 1.14. The molecular formula is C22H35N3O3. The van der Waals surface area contributed by atoms with Crippen molar-refractivity contribution >= 4 is 5.91 Å². The lowest BCUT2D eigenvalue weighted by Gasteiger charge is -2.46. The van der Waals surface area contributed by atoms with Crippen molar-refractivity contribution in [2.24, 2.45) is 5.92 Å². The molecule has 2 atom stereocenters. The van der Waals surface area contributed by atoms with Gasteiger partial charge >= 0.3 is 0 Å². The Morgan fingerprint density at radius 2 is 1.93 bits per heavy atom. The first-order chi connectivity index (χ1) is 13.6. The number of amides is 1. The Labute approximate surface area is 169 Å². The molecule has 0 saturated carbocycles. The predicted octanol–water partition coefficient (Wildman–Crippen LogP) is 1.94. The van der Waals surface area contributed by atoms with Gasteiger partial charge in [0.25, 0.3) is 5.91 Å². The zero-order valence-electron chi connectivity index (χ0n) is 17.3. The van der Waals surface area contributed by atoms with Crippen molar-refractivity contribution in [1.29, 1.82) is 0 Å². The number of para-hydroxylation sites is 1. The quantitative estimate of drug-likeness (QED) is 0.772. The smallest absolute Gasteiger partial charge is 0.257 e. The first-order valence-corrected chi connectivity index (χ1v) is 10.7. The van der Waals surface area contributed by atoms with E-state index in [2.05, 4.69) is 16.8 Å². The first kappa shape index (κ1) is 21.1. The molecule has 28 heavy (non-hydrogen) atoms. The summed E-state index contributed by atoms with van der Waals surface area (Å²) >= 11 is 0. The van der Waals surface area contributed by atoms with E-state index in [0.717, 1.165) is 58.5 Å². The Bertz CT molecular complexity index is 631. The molecule has 3 rings (SSSR count). The molecule has 0 spiro atoms. The monoisotopic (exact) mass is 389 g/mol. The number of ether oxygens (including phenoxy) is 1. The van der Waals surface area contributed by atoms with Gasteiger partial charge in [-0.25, -0.2) is 0 Å². The van der Waals surface area contributed by atoms with E-state index in [0.29, 0.717) is 29.9 Å². The van der Waals surface area contributed by atoms with E-state index >= 15 is 0 Å². The van der Waals surface area contributed by atoms with Crippen LogP contribution in [0.1, 0.15) is 36.5 Å². The van der Waals surface area contributed by atoms with Gasteiger partial charge in [0.2, 0.25) is 0 Å². The van der Waals surface area contributed by atoms with Gasteiger partial charge in [-0.3, -0.25) is 9.69 Å². The SMILES string of the molecule is CCOc1ccccc1C(=O)N1CC[C@@H](N2CCN(C)CC2)[C@@H](CCCO)C1. The highest BCUT2D eigenvalue weighted by Crippen LogP contribution is 2.29. The zero-order valence-corrected chi connectivity index (χ0v) is 17.3. The Kier molecular flexibility index (Phi) is 7.71. The van der Waals surface area contributed by atoms with Gasteiger partial charge in [0.1, 0.15) is 5.75 Å². The number of hydrogen-bond acceptors (Lipinski definition) is 5. The minimum Gasteiger partial charge on any atom is -0.493 e. The molecule has 0 aromatic heterocycles. The second-order valence-electron chi connectivity index (χ2n) is 8.00. The fourth-order valence-electron chi connectivity index (χ4n) is 4.57. The highest BCUT2D eigenvalue weighted by atomic mass is 16.5. The van der Waals surface area contributed by atoms with Crippen LogP contribution in [0.25, 0.3) is 0 Å². The third-order valence-corrected chi connectivity index (χ3v) is 6.14. The topological polar surface area (TPSA) is 56.2 Å². The van der Waals surface area contributed by atoms with Crippen LogP contribution in [-0.4, -0.2) is 91.3 Å². The third-order valence-electron chi connectivity index (χ3n) is 6.14. The van der Waals surface area contributed by atoms with Crippen LogP contribution in [0.15, 0.2) is 24.3 Å². The van der Waals surface area contributed by atoms with E-state index in [9.17, 15) is 9.90 Å². The standard InChI is InChI=1S/C22H35N3O3/c1-3-28-21-9-5-4-8-19(21)22(27)25-11-10-20(18(17-25)7-6-16-26)24-14-12-23(2)13-15-24/h4-5,8-9,18,20,26H,3,6-7,10-17H2,1-2H3/t18-,20+/m0/s1. The molecule has 156 valence electrons. The molecule has 0 aliphatic carbocycles. The normalized spacial score (nSPS) is 24.3. The molecular weight excluding hydrogens is 354 g/mol. The van der Waals surface area contributed by atoms with Gasteiger partial charge in [-0.1, -0.05) is 12.1 Å². The lowest BCUT2D eigenvalue weighted by atomic mass is 9.86. The van der Waals surface area contributed by atoms with E-state index in [-0.39, 0.29) is 12.5 Å². The summed E-state index contributed by atoms with van der Waals surface area (Å²) < 4.78 is 5.67. The highest BCUT2D eigenvalue weighted by Gasteiger charge is 2.36.